The summed E-state index contributed by atoms with van der Waals surface area (Å²) in [5.74, 6) is 0.0432. The molecule has 0 aromatic heterocycles. The Labute approximate surface area is 228 Å². The third-order valence-corrected chi connectivity index (χ3v) is 7.94. The van der Waals surface area contributed by atoms with Crippen LogP contribution in [0, 0.1) is 0 Å². The molecule has 0 saturated carbocycles. The van der Waals surface area contributed by atoms with E-state index in [-0.39, 0.29) is 18.9 Å². The molecule has 3 aliphatic rings. The molecule has 7 nitrogen and oxygen atoms in total. The van der Waals surface area contributed by atoms with Crippen molar-refractivity contribution in [3.8, 4) is 0 Å². The molecule has 0 bridgehead atoms. The highest BCUT2D eigenvalue weighted by atomic mass is 32.2. The summed E-state index contributed by atoms with van der Waals surface area (Å²) in [5, 5.41) is 2.75. The van der Waals surface area contributed by atoms with Gasteiger partial charge in [0, 0.05) is 18.8 Å². The van der Waals surface area contributed by atoms with Crippen molar-refractivity contribution in [3.05, 3.63) is 93.7 Å². The van der Waals surface area contributed by atoms with Gasteiger partial charge in [-0.1, -0.05) is 80.2 Å². The van der Waals surface area contributed by atoms with Gasteiger partial charge < -0.3 is 19.3 Å². The monoisotopic (exact) mass is 531 g/mol. The normalized spacial score (nSPS) is 19.3. The number of morpholine rings is 1. The van der Waals surface area contributed by atoms with Gasteiger partial charge in [0.25, 0.3) is 0 Å². The average molecular weight is 532 g/mol. The summed E-state index contributed by atoms with van der Waals surface area (Å²) in [5.41, 5.74) is 5.07. The lowest BCUT2D eigenvalue weighted by Crippen LogP contribution is -2.42. The molecule has 38 heavy (non-hydrogen) atoms. The maximum absolute atomic E-state index is 13.6. The van der Waals surface area contributed by atoms with Gasteiger partial charge in [-0.2, -0.15) is 0 Å². The molecule has 0 aliphatic carbocycles. The predicted molar refractivity (Wildman–Crippen MR) is 149 cm³/mol. The first-order chi connectivity index (χ1) is 18.4. The van der Waals surface area contributed by atoms with E-state index in [2.05, 4.69) is 38.1 Å². The lowest BCUT2D eigenvalue weighted by molar-refractivity contribution is -0.141. The Morgan fingerprint density at radius 1 is 1.08 bits per heavy atom. The molecule has 0 N–H and O–H groups in total. The molecule has 8 heteroatoms. The fourth-order valence-electron chi connectivity index (χ4n) is 4.89. The molecule has 0 radical (unpaired) electrons. The lowest BCUT2D eigenvalue weighted by atomic mass is 9.92. The van der Waals surface area contributed by atoms with Gasteiger partial charge in [0.05, 0.1) is 36.9 Å². The van der Waals surface area contributed by atoms with E-state index in [0.717, 1.165) is 22.0 Å². The number of amides is 1. The number of allylic oxidation sites excluding steroid dienone is 1. The first kappa shape index (κ1) is 26.3. The van der Waals surface area contributed by atoms with E-state index in [1.165, 1.54) is 17.3 Å². The zero-order valence-corrected chi connectivity index (χ0v) is 22.9. The second kappa shape index (κ2) is 11.6. The minimum absolute atomic E-state index is 0.0507. The van der Waals surface area contributed by atoms with Crippen LogP contribution in [-0.2, 0) is 25.7 Å². The number of amidine groups is 1. The van der Waals surface area contributed by atoms with E-state index >= 15 is 0 Å². The number of fused-ring (bicyclic) bond motifs is 1. The van der Waals surface area contributed by atoms with Crippen molar-refractivity contribution in [3.63, 3.8) is 0 Å². The summed E-state index contributed by atoms with van der Waals surface area (Å²) in [6.45, 7) is 8.65. The third kappa shape index (κ3) is 5.56. The number of carbonyl (C=O) groups excluding carboxylic acids is 2. The van der Waals surface area contributed by atoms with Crippen LogP contribution in [0.4, 0.5) is 0 Å². The highest BCUT2D eigenvalue weighted by Gasteiger charge is 2.41. The summed E-state index contributed by atoms with van der Waals surface area (Å²) in [6.07, 6.45) is 0.234. The Hall–Kier alpha value is -3.36. The topological polar surface area (TPSA) is 71.4 Å². The number of benzene rings is 2. The maximum Gasteiger partial charge on any atom is 0.338 e. The van der Waals surface area contributed by atoms with Crippen LogP contribution in [0.3, 0.4) is 0 Å². The van der Waals surface area contributed by atoms with Crippen molar-refractivity contribution in [1.82, 2.24) is 9.80 Å². The summed E-state index contributed by atoms with van der Waals surface area (Å²) in [4.78, 5) is 35.5. The summed E-state index contributed by atoms with van der Waals surface area (Å²) in [7, 11) is 0. The fourth-order valence-corrected chi connectivity index (χ4v) is 5.85. The number of ether oxygens (including phenoxy) is 2. The van der Waals surface area contributed by atoms with E-state index < -0.39 is 12.0 Å². The Bertz CT molecular complexity index is 1280. The number of carbonyl (C=O) groups is 2. The molecule has 198 valence electrons. The standard InChI is InChI=1S/C30H33N3O4S/c1-20(2)23-9-11-24(12-10-23)28-27(29(35)37-18-22-7-5-4-6-8-22)21(3)31-30-33(28)25(19-38-30)17-26(34)32-13-15-36-16-14-32/h4-12,19-20,28H,13-18H2,1-3H3. The fraction of sp³-hybridized carbons (Fsp3) is 0.367. The van der Waals surface area contributed by atoms with Gasteiger partial charge in [-0.05, 0) is 34.9 Å². The molecule has 2 aromatic rings. The van der Waals surface area contributed by atoms with E-state index in [0.29, 0.717) is 43.5 Å². The summed E-state index contributed by atoms with van der Waals surface area (Å²) in [6, 6.07) is 17.6. The first-order valence-electron chi connectivity index (χ1n) is 13.0. The molecule has 0 spiro atoms. The Balaban J connectivity index is 1.46. The van der Waals surface area contributed by atoms with Crippen molar-refractivity contribution in [2.45, 2.75) is 45.8 Å². The number of rotatable bonds is 7. The van der Waals surface area contributed by atoms with Crippen LogP contribution in [0.2, 0.25) is 0 Å². The zero-order valence-electron chi connectivity index (χ0n) is 22.1. The van der Waals surface area contributed by atoms with E-state index in [4.69, 9.17) is 14.5 Å². The molecule has 1 saturated heterocycles. The summed E-state index contributed by atoms with van der Waals surface area (Å²) < 4.78 is 11.2. The Morgan fingerprint density at radius 2 is 1.79 bits per heavy atom. The Kier molecular flexibility index (Phi) is 8.00. The van der Waals surface area contributed by atoms with Crippen LogP contribution in [0.5, 0.6) is 0 Å². The first-order valence-corrected chi connectivity index (χ1v) is 13.9. The van der Waals surface area contributed by atoms with Crippen LogP contribution < -0.4 is 0 Å². The molecule has 5 rings (SSSR count). The highest BCUT2D eigenvalue weighted by Crippen LogP contribution is 2.45. The largest absolute Gasteiger partial charge is 0.457 e. The molecule has 1 atom stereocenters. The van der Waals surface area contributed by atoms with E-state index in [9.17, 15) is 9.59 Å². The number of nitrogens with zero attached hydrogens (tertiary/aromatic N) is 3. The van der Waals surface area contributed by atoms with Crippen molar-refractivity contribution in [1.29, 1.82) is 0 Å². The summed E-state index contributed by atoms with van der Waals surface area (Å²) >= 11 is 1.49. The second-order valence-electron chi connectivity index (χ2n) is 9.95. The molecule has 1 fully saturated rings. The van der Waals surface area contributed by atoms with Gasteiger partial charge >= 0.3 is 5.97 Å². The van der Waals surface area contributed by atoms with Crippen LogP contribution >= 0.6 is 11.8 Å². The predicted octanol–water partition coefficient (Wildman–Crippen LogP) is 5.38. The van der Waals surface area contributed by atoms with Crippen molar-refractivity contribution < 1.29 is 19.1 Å². The van der Waals surface area contributed by atoms with Gasteiger partial charge in [-0.3, -0.25) is 4.79 Å². The van der Waals surface area contributed by atoms with Gasteiger partial charge in [0.15, 0.2) is 5.17 Å². The average Bonchev–Trinajstić information content (AvgIpc) is 3.33. The van der Waals surface area contributed by atoms with Crippen LogP contribution in [0.1, 0.15) is 55.8 Å². The van der Waals surface area contributed by atoms with Crippen LogP contribution in [0.15, 0.2) is 82.0 Å². The number of esters is 1. The highest BCUT2D eigenvalue weighted by molar-refractivity contribution is 8.16. The number of hydrogen-bond donors (Lipinski definition) is 0. The molecule has 3 aliphatic heterocycles. The molecule has 1 amide bonds. The van der Waals surface area contributed by atoms with Gasteiger partial charge in [-0.15, -0.1) is 0 Å². The quantitative estimate of drug-likeness (QED) is 0.447. The molecular formula is C30H33N3O4S. The van der Waals surface area contributed by atoms with E-state index in [1.807, 2.05) is 52.5 Å². The molecule has 1 unspecified atom stereocenters. The smallest absolute Gasteiger partial charge is 0.338 e. The van der Waals surface area contributed by atoms with Crippen molar-refractivity contribution in [2.75, 3.05) is 26.3 Å². The van der Waals surface area contributed by atoms with Gasteiger partial charge in [-0.25, -0.2) is 9.79 Å². The van der Waals surface area contributed by atoms with Gasteiger partial charge in [0.1, 0.15) is 6.61 Å². The third-order valence-electron chi connectivity index (χ3n) is 7.05. The SMILES string of the molecule is CC1=C(C(=O)OCc2ccccc2)C(c2ccc(C(C)C)cc2)N2C(CC(=O)N3CCOCC3)=CSC2=N1. The van der Waals surface area contributed by atoms with Crippen LogP contribution in [0.25, 0.3) is 0 Å². The molecule has 2 aromatic carbocycles. The van der Waals surface area contributed by atoms with Crippen molar-refractivity contribution in [2.24, 2.45) is 4.99 Å². The number of aliphatic imine (C=N–C) groups is 1. The minimum Gasteiger partial charge on any atom is -0.457 e. The maximum atomic E-state index is 13.6. The Morgan fingerprint density at radius 3 is 2.47 bits per heavy atom. The lowest BCUT2D eigenvalue weighted by Gasteiger charge is -2.37. The number of hydrogen-bond acceptors (Lipinski definition) is 7. The van der Waals surface area contributed by atoms with Crippen molar-refractivity contribution >= 4 is 28.8 Å². The second-order valence-corrected chi connectivity index (χ2v) is 10.8. The van der Waals surface area contributed by atoms with Gasteiger partial charge in [0.2, 0.25) is 5.91 Å². The van der Waals surface area contributed by atoms with Crippen LogP contribution in [-0.4, -0.2) is 53.1 Å². The van der Waals surface area contributed by atoms with E-state index in [1.54, 1.807) is 0 Å². The zero-order chi connectivity index (χ0) is 26.6. The molecular weight excluding hydrogens is 498 g/mol. The minimum atomic E-state index is -0.439. The molecule has 3 heterocycles. The number of thioether (sulfide) groups is 1.